The molecule has 1 saturated carbocycles. The second kappa shape index (κ2) is 4.21. The molecule has 1 aliphatic carbocycles. The first kappa shape index (κ1) is 11.1. The van der Waals surface area contributed by atoms with Crippen LogP contribution in [0.15, 0.2) is 0 Å². The van der Waals surface area contributed by atoms with Crippen LogP contribution in [-0.2, 0) is 0 Å². The van der Waals surface area contributed by atoms with Crippen molar-refractivity contribution in [2.75, 3.05) is 6.54 Å². The fraction of sp³-hybridized carbons (Fsp3) is 1.00. The van der Waals surface area contributed by atoms with Gasteiger partial charge in [-0.1, -0.05) is 0 Å². The van der Waals surface area contributed by atoms with Crippen molar-refractivity contribution in [2.45, 2.75) is 31.6 Å². The molecule has 4 heteroatoms. The number of hydrogen-bond donors (Lipinski definition) is 1. The normalized spacial score (nSPS) is 28.1. The minimum absolute atomic E-state index is 0. The van der Waals surface area contributed by atoms with Gasteiger partial charge in [-0.3, -0.25) is 0 Å². The molecular formula is C7H14ClF2N. The Balaban J connectivity index is 0.000001000. The van der Waals surface area contributed by atoms with Gasteiger partial charge in [-0.05, 0) is 25.8 Å². The Labute approximate surface area is 71.7 Å². The maximum atomic E-state index is 12.7. The van der Waals surface area contributed by atoms with Crippen molar-refractivity contribution in [1.82, 2.24) is 0 Å². The zero-order valence-corrected chi connectivity index (χ0v) is 7.17. The second-order valence-electron chi connectivity index (χ2n) is 2.93. The van der Waals surface area contributed by atoms with E-state index in [0.717, 1.165) is 0 Å². The van der Waals surface area contributed by atoms with Crippen LogP contribution in [0.1, 0.15) is 25.7 Å². The third-order valence-electron chi connectivity index (χ3n) is 2.18. The summed E-state index contributed by atoms with van der Waals surface area (Å²) in [5.74, 6) is -2.85. The minimum atomic E-state index is -2.42. The van der Waals surface area contributed by atoms with E-state index >= 15 is 0 Å². The van der Waals surface area contributed by atoms with E-state index in [1.807, 2.05) is 0 Å². The van der Waals surface area contributed by atoms with Gasteiger partial charge in [-0.25, -0.2) is 8.78 Å². The van der Waals surface area contributed by atoms with Crippen molar-refractivity contribution in [1.29, 1.82) is 0 Å². The van der Waals surface area contributed by atoms with E-state index in [9.17, 15) is 8.78 Å². The molecule has 0 aromatic heterocycles. The summed E-state index contributed by atoms with van der Waals surface area (Å²) < 4.78 is 25.5. The van der Waals surface area contributed by atoms with Gasteiger partial charge in [0.05, 0.1) is 0 Å². The third-order valence-corrected chi connectivity index (χ3v) is 2.18. The summed E-state index contributed by atoms with van der Waals surface area (Å²) >= 11 is 0. The van der Waals surface area contributed by atoms with Gasteiger partial charge in [0.2, 0.25) is 0 Å². The van der Waals surface area contributed by atoms with Crippen molar-refractivity contribution < 1.29 is 8.78 Å². The molecule has 0 saturated heterocycles. The molecule has 1 rings (SSSR count). The molecule has 2 N–H and O–H groups in total. The van der Waals surface area contributed by atoms with E-state index < -0.39 is 11.8 Å². The lowest BCUT2D eigenvalue weighted by atomic mass is 10.0. The minimum Gasteiger partial charge on any atom is -0.330 e. The van der Waals surface area contributed by atoms with Crippen molar-refractivity contribution in [3.8, 4) is 0 Å². The highest BCUT2D eigenvalue weighted by molar-refractivity contribution is 5.85. The summed E-state index contributed by atoms with van der Waals surface area (Å²) in [4.78, 5) is 0. The molecule has 0 aromatic carbocycles. The molecule has 1 atom stereocenters. The molecule has 0 bridgehead atoms. The van der Waals surface area contributed by atoms with Gasteiger partial charge >= 0.3 is 0 Å². The average molecular weight is 186 g/mol. The van der Waals surface area contributed by atoms with Gasteiger partial charge in [-0.2, -0.15) is 0 Å². The molecule has 0 spiro atoms. The Kier molecular flexibility index (Phi) is 4.26. The zero-order valence-electron chi connectivity index (χ0n) is 6.35. The van der Waals surface area contributed by atoms with Crippen LogP contribution < -0.4 is 5.73 Å². The molecule has 0 heterocycles. The Bertz CT molecular complexity index is 119. The van der Waals surface area contributed by atoms with Crippen LogP contribution in [0.2, 0.25) is 0 Å². The first-order chi connectivity index (χ1) is 4.67. The lowest BCUT2D eigenvalue weighted by molar-refractivity contribution is -0.0384. The quantitative estimate of drug-likeness (QED) is 0.702. The highest BCUT2D eigenvalue weighted by atomic mass is 35.5. The van der Waals surface area contributed by atoms with Gasteiger partial charge in [0.25, 0.3) is 5.92 Å². The van der Waals surface area contributed by atoms with Crippen molar-refractivity contribution in [2.24, 2.45) is 11.7 Å². The maximum Gasteiger partial charge on any atom is 0.250 e. The highest BCUT2D eigenvalue weighted by Crippen LogP contribution is 2.41. The molecule has 1 unspecified atom stereocenters. The zero-order chi connectivity index (χ0) is 7.61. The van der Waals surface area contributed by atoms with E-state index in [0.29, 0.717) is 25.8 Å². The smallest absolute Gasteiger partial charge is 0.250 e. The van der Waals surface area contributed by atoms with Gasteiger partial charge in [0, 0.05) is 12.3 Å². The Morgan fingerprint density at radius 2 is 2.09 bits per heavy atom. The van der Waals surface area contributed by atoms with Gasteiger partial charge < -0.3 is 5.73 Å². The SMILES string of the molecule is Cl.NCCC1CCCC1(F)F. The van der Waals surface area contributed by atoms with E-state index in [4.69, 9.17) is 5.73 Å². The van der Waals surface area contributed by atoms with Crippen LogP contribution in [0.4, 0.5) is 8.78 Å². The number of nitrogens with two attached hydrogens (primary N) is 1. The van der Waals surface area contributed by atoms with Crippen LogP contribution in [-0.4, -0.2) is 12.5 Å². The van der Waals surface area contributed by atoms with Crippen molar-refractivity contribution >= 4 is 12.4 Å². The van der Waals surface area contributed by atoms with Crippen molar-refractivity contribution in [3.63, 3.8) is 0 Å². The van der Waals surface area contributed by atoms with Crippen LogP contribution in [0.25, 0.3) is 0 Å². The van der Waals surface area contributed by atoms with E-state index in [1.54, 1.807) is 0 Å². The van der Waals surface area contributed by atoms with E-state index in [2.05, 4.69) is 0 Å². The molecule has 0 amide bonds. The average Bonchev–Trinajstić information content (AvgIpc) is 2.13. The Hall–Kier alpha value is 0.110. The summed E-state index contributed by atoms with van der Waals surface area (Å²) in [5.41, 5.74) is 5.20. The maximum absolute atomic E-state index is 12.7. The van der Waals surface area contributed by atoms with E-state index in [1.165, 1.54) is 0 Å². The summed E-state index contributed by atoms with van der Waals surface area (Å²) in [6.07, 6.45) is 1.87. The van der Waals surface area contributed by atoms with Crippen LogP contribution >= 0.6 is 12.4 Å². The largest absolute Gasteiger partial charge is 0.330 e. The summed E-state index contributed by atoms with van der Waals surface area (Å²) in [7, 11) is 0. The number of rotatable bonds is 2. The van der Waals surface area contributed by atoms with Crippen molar-refractivity contribution in [3.05, 3.63) is 0 Å². The van der Waals surface area contributed by atoms with Gasteiger partial charge in [0.1, 0.15) is 0 Å². The lowest BCUT2D eigenvalue weighted by Gasteiger charge is -2.17. The molecule has 0 aliphatic heterocycles. The van der Waals surface area contributed by atoms with Gasteiger partial charge in [0.15, 0.2) is 0 Å². The Morgan fingerprint density at radius 3 is 2.45 bits per heavy atom. The van der Waals surface area contributed by atoms with E-state index in [-0.39, 0.29) is 18.8 Å². The van der Waals surface area contributed by atoms with Crippen LogP contribution in [0, 0.1) is 5.92 Å². The van der Waals surface area contributed by atoms with Crippen LogP contribution in [0.5, 0.6) is 0 Å². The Morgan fingerprint density at radius 1 is 1.45 bits per heavy atom. The standard InChI is InChI=1S/C7H13F2N.ClH/c8-7(9)4-1-2-6(7)3-5-10;/h6H,1-5,10H2;1H. The predicted molar refractivity (Wildman–Crippen MR) is 43.2 cm³/mol. The molecular weight excluding hydrogens is 172 g/mol. The van der Waals surface area contributed by atoms with Crippen LogP contribution in [0.3, 0.4) is 0 Å². The molecule has 1 fully saturated rings. The summed E-state index contributed by atoms with van der Waals surface area (Å²) in [6, 6.07) is 0. The summed E-state index contributed by atoms with van der Waals surface area (Å²) in [5, 5.41) is 0. The fourth-order valence-electron chi connectivity index (χ4n) is 1.56. The molecule has 0 aromatic rings. The highest BCUT2D eigenvalue weighted by Gasteiger charge is 2.42. The third kappa shape index (κ3) is 2.56. The topological polar surface area (TPSA) is 26.0 Å². The predicted octanol–water partition coefficient (Wildman–Crippen LogP) is 2.19. The first-order valence-corrected chi connectivity index (χ1v) is 3.74. The molecule has 0 radical (unpaired) electrons. The number of halogens is 3. The first-order valence-electron chi connectivity index (χ1n) is 3.74. The molecule has 1 nitrogen and oxygen atoms in total. The fourth-order valence-corrected chi connectivity index (χ4v) is 1.56. The van der Waals surface area contributed by atoms with Gasteiger partial charge in [-0.15, -0.1) is 12.4 Å². The molecule has 1 aliphatic rings. The summed E-state index contributed by atoms with van der Waals surface area (Å²) in [6.45, 7) is 0.389. The molecule has 11 heavy (non-hydrogen) atoms. The number of alkyl halides is 2. The number of hydrogen-bond acceptors (Lipinski definition) is 1. The second-order valence-corrected chi connectivity index (χ2v) is 2.93. The lowest BCUT2D eigenvalue weighted by Crippen LogP contribution is -2.23. The molecule has 68 valence electrons. The monoisotopic (exact) mass is 185 g/mol.